The van der Waals surface area contributed by atoms with Crippen molar-refractivity contribution in [3.63, 3.8) is 0 Å². The van der Waals surface area contributed by atoms with Crippen LogP contribution in [0.2, 0.25) is 0 Å². The van der Waals surface area contributed by atoms with E-state index >= 15 is 0 Å². The molecular weight excluding hydrogens is 328 g/mol. The average molecular weight is 344 g/mol. The fourth-order valence-corrected chi connectivity index (χ4v) is 2.06. The molecule has 1 aromatic rings. The minimum absolute atomic E-state index is 0.0196. The molecule has 3 unspecified atom stereocenters. The maximum Gasteiger partial charge on any atom is 0.270 e. The Bertz CT molecular complexity index is 621. The van der Waals surface area contributed by atoms with Crippen molar-refractivity contribution < 1.29 is 40.0 Å². The van der Waals surface area contributed by atoms with Crippen LogP contribution in [0.5, 0.6) is 5.75 Å². The number of phenolic OH excluding ortho intramolecular Hbond substituents is 1. The molecule has 0 saturated carbocycles. The van der Waals surface area contributed by atoms with E-state index in [0.29, 0.717) is 0 Å². The van der Waals surface area contributed by atoms with Gasteiger partial charge in [0, 0.05) is 17.7 Å². The Morgan fingerprint density at radius 3 is 2.62 bits per heavy atom. The lowest BCUT2D eigenvalue weighted by atomic mass is 9.99. The summed E-state index contributed by atoms with van der Waals surface area (Å²) < 4.78 is 5.04. The molecule has 2 rings (SSSR count). The molecule has 0 aromatic heterocycles. The van der Waals surface area contributed by atoms with Gasteiger partial charge in [0.1, 0.15) is 30.2 Å². The lowest BCUT2D eigenvalue weighted by molar-refractivity contribution is -0.384. The minimum Gasteiger partial charge on any atom is -0.507 e. The van der Waals surface area contributed by atoms with Gasteiger partial charge in [0.15, 0.2) is 0 Å². The second-order valence-electron chi connectivity index (χ2n) is 5.04. The van der Waals surface area contributed by atoms with Crippen LogP contribution in [0, 0.1) is 10.1 Å². The number of nitrogens with zero attached hydrogens (tertiary/aromatic N) is 2. The van der Waals surface area contributed by atoms with Crippen molar-refractivity contribution in [3.8, 4) is 5.75 Å². The number of hydrogen-bond acceptors (Lipinski definition) is 10. The SMILES string of the molecule is O=[N+]([O-])c1ccc(O)c(/C=N/O[C@@H]2OC(CO)C(O)[C@H](O)C2O)c1. The van der Waals surface area contributed by atoms with Crippen molar-refractivity contribution in [3.05, 3.63) is 33.9 Å². The van der Waals surface area contributed by atoms with E-state index < -0.39 is 42.2 Å². The number of oxime groups is 1. The van der Waals surface area contributed by atoms with Gasteiger partial charge in [-0.25, -0.2) is 0 Å². The van der Waals surface area contributed by atoms with Crippen molar-refractivity contribution in [1.82, 2.24) is 0 Å². The first kappa shape index (κ1) is 18.0. The molecule has 1 aliphatic rings. The molecule has 0 radical (unpaired) electrons. The number of non-ortho nitro benzene ring substituents is 1. The quantitative estimate of drug-likeness (QED) is 0.240. The Hall–Kier alpha value is -2.31. The van der Waals surface area contributed by atoms with Crippen LogP contribution in [-0.4, -0.2) is 74.0 Å². The molecule has 5 N–H and O–H groups in total. The maximum atomic E-state index is 10.7. The molecule has 0 aliphatic carbocycles. The van der Waals surface area contributed by atoms with Crippen LogP contribution in [0.25, 0.3) is 0 Å². The van der Waals surface area contributed by atoms with Gasteiger partial charge in [-0.15, -0.1) is 0 Å². The van der Waals surface area contributed by atoms with Gasteiger partial charge in [0.2, 0.25) is 0 Å². The summed E-state index contributed by atoms with van der Waals surface area (Å²) in [5.74, 6) is -0.290. The summed E-state index contributed by atoms with van der Waals surface area (Å²) in [5, 5.41) is 61.7. The van der Waals surface area contributed by atoms with Crippen molar-refractivity contribution >= 4 is 11.9 Å². The van der Waals surface area contributed by atoms with E-state index in [4.69, 9.17) is 14.7 Å². The number of aromatic hydroxyl groups is 1. The zero-order valence-corrected chi connectivity index (χ0v) is 12.2. The van der Waals surface area contributed by atoms with Gasteiger partial charge in [0.25, 0.3) is 12.0 Å². The smallest absolute Gasteiger partial charge is 0.270 e. The summed E-state index contributed by atoms with van der Waals surface area (Å²) in [6.07, 6.45) is -6.49. The number of nitro benzene ring substituents is 1. The molecule has 11 heteroatoms. The molecular formula is C13H16N2O9. The predicted octanol–water partition coefficient (Wildman–Crippen LogP) is -1.55. The van der Waals surface area contributed by atoms with Gasteiger partial charge in [0.05, 0.1) is 17.7 Å². The monoisotopic (exact) mass is 344 g/mol. The molecule has 1 heterocycles. The number of ether oxygens (including phenoxy) is 1. The van der Waals surface area contributed by atoms with E-state index in [1.165, 1.54) is 0 Å². The third-order valence-corrected chi connectivity index (χ3v) is 3.43. The lowest BCUT2D eigenvalue weighted by Gasteiger charge is -2.38. The predicted molar refractivity (Wildman–Crippen MR) is 77.2 cm³/mol. The van der Waals surface area contributed by atoms with Crippen molar-refractivity contribution in [2.24, 2.45) is 5.16 Å². The van der Waals surface area contributed by atoms with E-state index in [0.717, 1.165) is 24.4 Å². The van der Waals surface area contributed by atoms with Crippen LogP contribution >= 0.6 is 0 Å². The molecule has 1 fully saturated rings. The summed E-state index contributed by atoms with van der Waals surface area (Å²) in [7, 11) is 0. The van der Waals surface area contributed by atoms with Gasteiger partial charge >= 0.3 is 0 Å². The number of phenols is 1. The fraction of sp³-hybridized carbons (Fsp3) is 0.462. The first-order chi connectivity index (χ1) is 11.3. The molecule has 5 atom stereocenters. The highest BCUT2D eigenvalue weighted by molar-refractivity contribution is 5.84. The van der Waals surface area contributed by atoms with Crippen molar-refractivity contribution in [1.29, 1.82) is 0 Å². The number of hydrogen-bond donors (Lipinski definition) is 5. The molecule has 1 aromatic carbocycles. The second kappa shape index (κ2) is 7.51. The van der Waals surface area contributed by atoms with Crippen LogP contribution in [0.4, 0.5) is 5.69 Å². The van der Waals surface area contributed by atoms with Crippen LogP contribution in [0.1, 0.15) is 5.56 Å². The Kier molecular flexibility index (Phi) is 5.64. The van der Waals surface area contributed by atoms with Gasteiger partial charge in [-0.1, -0.05) is 5.16 Å². The molecule has 132 valence electrons. The molecule has 0 amide bonds. The van der Waals surface area contributed by atoms with E-state index in [1.807, 2.05) is 0 Å². The third kappa shape index (κ3) is 3.77. The third-order valence-electron chi connectivity index (χ3n) is 3.43. The largest absolute Gasteiger partial charge is 0.507 e. The Morgan fingerprint density at radius 1 is 1.29 bits per heavy atom. The highest BCUT2D eigenvalue weighted by Gasteiger charge is 2.44. The van der Waals surface area contributed by atoms with Gasteiger partial charge in [-0.2, -0.15) is 0 Å². The molecule has 11 nitrogen and oxygen atoms in total. The van der Waals surface area contributed by atoms with Crippen LogP contribution in [0.15, 0.2) is 23.4 Å². The second-order valence-corrected chi connectivity index (χ2v) is 5.04. The minimum atomic E-state index is -1.64. The maximum absolute atomic E-state index is 10.7. The summed E-state index contributed by atoms with van der Waals surface area (Å²) in [4.78, 5) is 14.9. The summed E-state index contributed by atoms with van der Waals surface area (Å²) in [5.41, 5.74) is -0.295. The zero-order valence-electron chi connectivity index (χ0n) is 12.2. The van der Waals surface area contributed by atoms with E-state index in [2.05, 4.69) is 5.16 Å². The molecule has 1 aliphatic heterocycles. The van der Waals surface area contributed by atoms with Gasteiger partial charge in [-0.05, 0) is 6.07 Å². The van der Waals surface area contributed by atoms with Gasteiger partial charge < -0.3 is 35.1 Å². The number of benzene rings is 1. The van der Waals surface area contributed by atoms with Crippen LogP contribution in [-0.2, 0) is 9.57 Å². The summed E-state index contributed by atoms with van der Waals surface area (Å²) in [6, 6.07) is 3.26. The van der Waals surface area contributed by atoms with Crippen molar-refractivity contribution in [2.45, 2.75) is 30.7 Å². The Morgan fingerprint density at radius 2 is 2.00 bits per heavy atom. The lowest BCUT2D eigenvalue weighted by Crippen LogP contribution is -2.58. The molecule has 0 spiro atoms. The van der Waals surface area contributed by atoms with E-state index in [9.17, 15) is 30.5 Å². The number of nitro groups is 1. The standard InChI is InChI=1S/C13H16N2O9/c16-5-9-10(18)11(19)12(20)13(23-9)24-14-4-6-3-7(15(21)22)1-2-8(6)17/h1-4,9-13,16-20H,5H2/b14-4+/t9?,10?,11-,12?,13-/m0/s1. The molecule has 24 heavy (non-hydrogen) atoms. The Labute approximate surface area is 135 Å². The number of aliphatic hydroxyl groups is 4. The normalized spacial score (nSPS) is 30.4. The molecule has 1 saturated heterocycles. The van der Waals surface area contributed by atoms with Crippen molar-refractivity contribution in [2.75, 3.05) is 6.61 Å². The zero-order chi connectivity index (χ0) is 17.9. The summed E-state index contributed by atoms with van der Waals surface area (Å²) in [6.45, 7) is -0.625. The molecule has 0 bridgehead atoms. The first-order valence-corrected chi connectivity index (χ1v) is 6.82. The highest BCUT2D eigenvalue weighted by Crippen LogP contribution is 2.23. The number of aliphatic hydroxyl groups excluding tert-OH is 4. The first-order valence-electron chi connectivity index (χ1n) is 6.82. The van der Waals surface area contributed by atoms with Gasteiger partial charge in [-0.3, -0.25) is 10.1 Å². The topological polar surface area (TPSA) is 175 Å². The Balaban J connectivity index is 2.08. The van der Waals surface area contributed by atoms with E-state index in [1.54, 1.807) is 0 Å². The van der Waals surface area contributed by atoms with Crippen LogP contribution in [0.3, 0.4) is 0 Å². The van der Waals surface area contributed by atoms with E-state index in [-0.39, 0.29) is 17.0 Å². The number of rotatable bonds is 5. The fourth-order valence-electron chi connectivity index (χ4n) is 2.06. The summed E-state index contributed by atoms with van der Waals surface area (Å²) >= 11 is 0. The van der Waals surface area contributed by atoms with Crippen LogP contribution < -0.4 is 0 Å². The average Bonchev–Trinajstić information content (AvgIpc) is 2.56. The highest BCUT2D eigenvalue weighted by atomic mass is 16.8.